The minimum atomic E-state index is -0.870. The second-order valence-corrected chi connectivity index (χ2v) is 6.38. The summed E-state index contributed by atoms with van der Waals surface area (Å²) >= 11 is 4.38. The highest BCUT2D eigenvalue weighted by Gasteiger charge is 2.38. The molecule has 0 aromatic carbocycles. The van der Waals surface area contributed by atoms with Crippen molar-refractivity contribution < 1.29 is 15.0 Å². The van der Waals surface area contributed by atoms with E-state index in [4.69, 9.17) is 5.11 Å². The summed E-state index contributed by atoms with van der Waals surface area (Å²) in [6, 6.07) is 0. The van der Waals surface area contributed by atoms with Crippen LogP contribution >= 0.6 is 45.2 Å². The largest absolute Gasteiger partial charge is 0.481 e. The summed E-state index contributed by atoms with van der Waals surface area (Å²) in [5.41, 5.74) is 0. The molecule has 2 N–H and O–H groups in total. The molecule has 1 aliphatic carbocycles. The van der Waals surface area contributed by atoms with E-state index in [0.29, 0.717) is 10.3 Å². The number of aliphatic hydroxyl groups is 1. The van der Waals surface area contributed by atoms with Gasteiger partial charge in [0.2, 0.25) is 0 Å². The lowest BCUT2D eigenvalue weighted by atomic mass is 9.86. The number of alkyl halides is 2. The summed E-state index contributed by atoms with van der Waals surface area (Å²) in [6.07, 6.45) is 0.830. The van der Waals surface area contributed by atoms with Crippen LogP contribution in [-0.2, 0) is 4.79 Å². The van der Waals surface area contributed by atoms with Crippen LogP contribution in [0.4, 0.5) is 0 Å². The first-order valence-electron chi connectivity index (χ1n) is 3.71. The summed E-state index contributed by atoms with van der Waals surface area (Å²) in [5, 5.41) is 18.3. The fourth-order valence-corrected chi connectivity index (χ4v) is 4.58. The van der Waals surface area contributed by atoms with E-state index in [1.54, 1.807) is 0 Å². The summed E-state index contributed by atoms with van der Waals surface area (Å²) in [4.78, 5) is 10.7. The minimum Gasteiger partial charge on any atom is -0.481 e. The molecule has 70 valence electrons. The van der Waals surface area contributed by atoms with Crippen LogP contribution in [0.15, 0.2) is 0 Å². The van der Waals surface area contributed by atoms with Crippen molar-refractivity contribution in [3.05, 3.63) is 0 Å². The van der Waals surface area contributed by atoms with Gasteiger partial charge in [0.25, 0.3) is 0 Å². The molecule has 0 amide bonds. The van der Waals surface area contributed by atoms with Crippen molar-refractivity contribution in [1.29, 1.82) is 0 Å². The van der Waals surface area contributed by atoms with Crippen molar-refractivity contribution in [3.63, 3.8) is 0 Å². The Kier molecular flexibility index (Phi) is 4.03. The molecule has 1 fully saturated rings. The predicted molar refractivity (Wildman–Crippen MR) is 62.0 cm³/mol. The van der Waals surface area contributed by atoms with Crippen LogP contribution in [0.2, 0.25) is 0 Å². The highest BCUT2D eigenvalue weighted by molar-refractivity contribution is 14.1. The van der Waals surface area contributed by atoms with Gasteiger partial charge < -0.3 is 10.2 Å². The van der Waals surface area contributed by atoms with Gasteiger partial charge in [0.15, 0.2) is 0 Å². The number of aliphatic carboxylic acids is 1. The lowest BCUT2D eigenvalue weighted by Gasteiger charge is -2.31. The predicted octanol–water partition coefficient (Wildman–Crippen LogP) is 1.45. The molecule has 0 spiro atoms. The number of hydrogen-bond acceptors (Lipinski definition) is 2. The van der Waals surface area contributed by atoms with E-state index < -0.39 is 18.0 Å². The molecule has 0 bridgehead atoms. The van der Waals surface area contributed by atoms with Crippen LogP contribution in [0.25, 0.3) is 0 Å². The smallest absolute Gasteiger partial charge is 0.309 e. The molecule has 1 rings (SSSR count). The van der Waals surface area contributed by atoms with E-state index in [-0.39, 0.29) is 3.92 Å². The van der Waals surface area contributed by atoms with Gasteiger partial charge in [-0.1, -0.05) is 45.2 Å². The number of carboxylic acids is 1. The Balaban J connectivity index is 2.66. The molecule has 0 saturated heterocycles. The van der Waals surface area contributed by atoms with E-state index in [1.807, 2.05) is 0 Å². The first kappa shape index (κ1) is 11.0. The quantitative estimate of drug-likeness (QED) is 0.522. The standard InChI is InChI=1S/C7H10I2O3/c8-3-1-4(7(11)12)6(10)5(9)2-3/h3-6,10H,1-2H2,(H,11,12). The topological polar surface area (TPSA) is 57.5 Å². The molecule has 4 atom stereocenters. The van der Waals surface area contributed by atoms with Gasteiger partial charge in [-0.15, -0.1) is 0 Å². The summed E-state index contributed by atoms with van der Waals surface area (Å²) in [7, 11) is 0. The molecule has 1 aliphatic rings. The van der Waals surface area contributed by atoms with Crippen LogP contribution in [0.1, 0.15) is 12.8 Å². The summed E-state index contributed by atoms with van der Waals surface area (Å²) in [5.74, 6) is -1.44. The van der Waals surface area contributed by atoms with Crippen LogP contribution in [0.5, 0.6) is 0 Å². The molecule has 0 heterocycles. The highest BCUT2D eigenvalue weighted by Crippen LogP contribution is 2.34. The van der Waals surface area contributed by atoms with Gasteiger partial charge in [-0.2, -0.15) is 0 Å². The maximum absolute atomic E-state index is 10.7. The molecule has 3 nitrogen and oxygen atoms in total. The summed E-state index contributed by atoms with van der Waals surface area (Å²) < 4.78 is 0.466. The first-order chi connectivity index (χ1) is 5.52. The zero-order chi connectivity index (χ0) is 9.30. The van der Waals surface area contributed by atoms with E-state index in [0.717, 1.165) is 6.42 Å². The number of aliphatic hydroxyl groups excluding tert-OH is 1. The minimum absolute atomic E-state index is 0.0827. The van der Waals surface area contributed by atoms with E-state index in [9.17, 15) is 9.90 Å². The molecule has 0 aliphatic heterocycles. The third kappa shape index (κ3) is 2.44. The van der Waals surface area contributed by atoms with Gasteiger partial charge in [0, 0.05) is 7.85 Å². The zero-order valence-corrected chi connectivity index (χ0v) is 10.6. The van der Waals surface area contributed by atoms with Crippen molar-refractivity contribution in [2.24, 2.45) is 5.92 Å². The van der Waals surface area contributed by atoms with Crippen LogP contribution in [-0.4, -0.2) is 30.1 Å². The molecular formula is C7H10I2O3. The Morgan fingerprint density at radius 1 is 1.33 bits per heavy atom. The van der Waals surface area contributed by atoms with Crippen LogP contribution < -0.4 is 0 Å². The first-order valence-corrected chi connectivity index (χ1v) is 6.20. The van der Waals surface area contributed by atoms with Crippen LogP contribution in [0, 0.1) is 5.92 Å². The Morgan fingerprint density at radius 2 is 1.92 bits per heavy atom. The van der Waals surface area contributed by atoms with Crippen molar-refractivity contribution in [2.75, 3.05) is 0 Å². The van der Waals surface area contributed by atoms with Crippen molar-refractivity contribution in [3.8, 4) is 0 Å². The third-order valence-corrected chi connectivity index (χ3v) is 4.35. The number of carboxylic acid groups (broad SMARTS) is 1. The van der Waals surface area contributed by atoms with Crippen molar-refractivity contribution in [2.45, 2.75) is 26.8 Å². The molecule has 0 radical (unpaired) electrons. The van der Waals surface area contributed by atoms with Gasteiger partial charge in [-0.25, -0.2) is 0 Å². The summed E-state index contributed by atoms with van der Waals surface area (Å²) in [6.45, 7) is 0. The number of halogens is 2. The fraction of sp³-hybridized carbons (Fsp3) is 0.857. The Hall–Kier alpha value is 0.890. The van der Waals surface area contributed by atoms with Gasteiger partial charge in [0.1, 0.15) is 0 Å². The molecule has 4 unspecified atom stereocenters. The average Bonchev–Trinajstić information content (AvgIpc) is 1.96. The number of rotatable bonds is 1. The number of hydrogen-bond donors (Lipinski definition) is 2. The molecular weight excluding hydrogens is 386 g/mol. The maximum atomic E-state index is 10.7. The Bertz CT molecular complexity index is 185. The molecule has 12 heavy (non-hydrogen) atoms. The maximum Gasteiger partial charge on any atom is 0.309 e. The fourth-order valence-electron chi connectivity index (χ4n) is 1.39. The van der Waals surface area contributed by atoms with Crippen LogP contribution in [0.3, 0.4) is 0 Å². The lowest BCUT2D eigenvalue weighted by Crippen LogP contribution is -2.41. The van der Waals surface area contributed by atoms with E-state index >= 15 is 0 Å². The third-order valence-electron chi connectivity index (χ3n) is 2.09. The zero-order valence-electron chi connectivity index (χ0n) is 6.28. The van der Waals surface area contributed by atoms with E-state index in [2.05, 4.69) is 45.2 Å². The molecule has 1 saturated carbocycles. The van der Waals surface area contributed by atoms with Gasteiger partial charge in [-0.05, 0) is 12.8 Å². The van der Waals surface area contributed by atoms with E-state index in [1.165, 1.54) is 0 Å². The lowest BCUT2D eigenvalue weighted by molar-refractivity contribution is -0.146. The Labute approximate surface area is 98.2 Å². The Morgan fingerprint density at radius 3 is 2.42 bits per heavy atom. The second kappa shape index (κ2) is 4.41. The van der Waals surface area contributed by atoms with Gasteiger partial charge in [0.05, 0.1) is 12.0 Å². The van der Waals surface area contributed by atoms with Gasteiger partial charge in [-0.3, -0.25) is 4.79 Å². The van der Waals surface area contributed by atoms with Gasteiger partial charge >= 0.3 is 5.97 Å². The normalized spacial score (nSPS) is 42.6. The number of carbonyl (C=O) groups is 1. The molecule has 0 aromatic rings. The highest BCUT2D eigenvalue weighted by atomic mass is 127. The van der Waals surface area contributed by atoms with Crippen molar-refractivity contribution in [1.82, 2.24) is 0 Å². The monoisotopic (exact) mass is 396 g/mol. The van der Waals surface area contributed by atoms with Crippen molar-refractivity contribution >= 4 is 51.2 Å². The molecule has 0 aromatic heterocycles. The second-order valence-electron chi connectivity index (χ2n) is 3.02. The SMILES string of the molecule is O=C(O)C1CC(I)CC(I)C1O. The molecule has 5 heteroatoms. The average molecular weight is 396 g/mol.